The molecule has 2 rings (SSSR count). The molecule has 2 aromatic rings. The van der Waals surface area contributed by atoms with Crippen molar-refractivity contribution in [3.05, 3.63) is 30.1 Å². The molecule has 2 heterocycles. The summed E-state index contributed by atoms with van der Waals surface area (Å²) in [7, 11) is 0. The highest BCUT2D eigenvalue weighted by Crippen LogP contribution is 2.16. The quantitative estimate of drug-likeness (QED) is 0.655. The zero-order valence-electron chi connectivity index (χ0n) is 8.99. The lowest BCUT2D eigenvalue weighted by Gasteiger charge is -2.00. The van der Waals surface area contributed by atoms with Gasteiger partial charge in [-0.3, -0.25) is 4.40 Å². The van der Waals surface area contributed by atoms with E-state index in [1.807, 2.05) is 0 Å². The number of pyridine rings is 1. The van der Waals surface area contributed by atoms with Crippen LogP contribution >= 0.6 is 0 Å². The van der Waals surface area contributed by atoms with E-state index in [2.05, 4.69) is 4.98 Å². The fourth-order valence-corrected chi connectivity index (χ4v) is 2.09. The number of esters is 1. The van der Waals surface area contributed by atoms with Gasteiger partial charge in [0.15, 0.2) is 10.7 Å². The molecule has 0 saturated carbocycles. The number of carbonyl (C=O) groups is 1. The Labute approximate surface area is 99.5 Å². The van der Waals surface area contributed by atoms with Gasteiger partial charge >= 0.3 is 5.97 Å². The molecule has 0 amide bonds. The summed E-state index contributed by atoms with van der Waals surface area (Å²) in [5, 5.41) is -0.0703. The smallest absolute Gasteiger partial charge is 0.359 e. The molecule has 0 saturated heterocycles. The second-order valence-electron chi connectivity index (χ2n) is 3.16. The molecule has 1 atom stereocenters. The maximum absolute atomic E-state index is 11.6. The summed E-state index contributed by atoms with van der Waals surface area (Å²) in [4.78, 5) is 15.6. The molecule has 0 aliphatic heterocycles. The molecule has 0 bridgehead atoms. The molecule has 0 radical (unpaired) electrons. The first kappa shape index (κ1) is 11.7. The van der Waals surface area contributed by atoms with E-state index in [9.17, 15) is 13.6 Å². The standard InChI is InChI=1S/C10H10N2O4S/c1-2-16-10(13)8-9(17(14)15)12-6-4-3-5-7(12)11-8/h3-6H,2H2,1H3,(H,14,15). The second-order valence-corrected chi connectivity index (χ2v) is 4.05. The van der Waals surface area contributed by atoms with Crippen LogP contribution in [0, 0.1) is 0 Å². The Morgan fingerprint density at radius 1 is 1.59 bits per heavy atom. The maximum Gasteiger partial charge on any atom is 0.359 e. The largest absolute Gasteiger partial charge is 0.461 e. The fraction of sp³-hybridized carbons (Fsp3) is 0.200. The van der Waals surface area contributed by atoms with Gasteiger partial charge in [-0.05, 0) is 19.1 Å². The molecule has 0 fully saturated rings. The highest BCUT2D eigenvalue weighted by atomic mass is 32.2. The van der Waals surface area contributed by atoms with E-state index in [4.69, 9.17) is 4.74 Å². The van der Waals surface area contributed by atoms with Gasteiger partial charge in [-0.15, -0.1) is 0 Å². The van der Waals surface area contributed by atoms with E-state index < -0.39 is 17.0 Å². The number of carbonyl (C=O) groups excluding carboxylic acids is 1. The lowest BCUT2D eigenvalue weighted by atomic mass is 10.5. The Morgan fingerprint density at radius 3 is 3.00 bits per heavy atom. The Hall–Kier alpha value is -1.73. The van der Waals surface area contributed by atoms with Crippen LogP contribution in [-0.2, 0) is 15.8 Å². The Morgan fingerprint density at radius 2 is 2.35 bits per heavy atom. The average molecular weight is 254 g/mol. The van der Waals surface area contributed by atoms with Crippen LogP contribution < -0.4 is 0 Å². The predicted octanol–water partition coefficient (Wildman–Crippen LogP) is 1.09. The summed E-state index contributed by atoms with van der Waals surface area (Å²) in [5.41, 5.74) is 0.298. The van der Waals surface area contributed by atoms with Crippen molar-refractivity contribution in [2.24, 2.45) is 0 Å². The van der Waals surface area contributed by atoms with E-state index in [1.165, 1.54) is 4.40 Å². The van der Waals surface area contributed by atoms with Crippen molar-refractivity contribution in [3.8, 4) is 0 Å². The van der Waals surface area contributed by atoms with Crippen molar-refractivity contribution >= 4 is 22.7 Å². The van der Waals surface area contributed by atoms with Crippen molar-refractivity contribution < 1.29 is 18.3 Å². The molecule has 7 heteroatoms. The molecule has 2 aromatic heterocycles. The van der Waals surface area contributed by atoms with Gasteiger partial charge < -0.3 is 9.29 Å². The summed E-state index contributed by atoms with van der Waals surface area (Å²) in [5.74, 6) is -0.700. The third kappa shape index (κ3) is 2.06. The van der Waals surface area contributed by atoms with Crippen molar-refractivity contribution in [2.45, 2.75) is 11.9 Å². The Balaban J connectivity index is 2.66. The molecule has 0 aromatic carbocycles. The molecule has 0 spiro atoms. The van der Waals surface area contributed by atoms with Gasteiger partial charge in [-0.25, -0.2) is 14.0 Å². The zero-order chi connectivity index (χ0) is 12.4. The first-order chi connectivity index (χ1) is 8.15. The van der Waals surface area contributed by atoms with Crippen molar-refractivity contribution in [1.82, 2.24) is 9.38 Å². The van der Waals surface area contributed by atoms with Crippen LogP contribution in [0.5, 0.6) is 0 Å². The van der Waals surface area contributed by atoms with Gasteiger partial charge in [0, 0.05) is 6.20 Å². The minimum Gasteiger partial charge on any atom is -0.461 e. The first-order valence-electron chi connectivity index (χ1n) is 4.90. The van der Waals surface area contributed by atoms with Crippen LogP contribution in [0.3, 0.4) is 0 Å². The highest BCUT2D eigenvalue weighted by Gasteiger charge is 2.23. The molecule has 0 aliphatic rings. The van der Waals surface area contributed by atoms with Crippen LogP contribution in [0.1, 0.15) is 17.4 Å². The normalized spacial score (nSPS) is 12.6. The van der Waals surface area contributed by atoms with Crippen molar-refractivity contribution in [3.63, 3.8) is 0 Å². The third-order valence-electron chi connectivity index (χ3n) is 2.12. The number of nitrogens with zero attached hydrogens (tertiary/aromatic N) is 2. The van der Waals surface area contributed by atoms with Gasteiger partial charge in [0.25, 0.3) is 0 Å². The van der Waals surface area contributed by atoms with E-state index in [1.54, 1.807) is 31.3 Å². The molecular weight excluding hydrogens is 244 g/mol. The molecule has 6 nitrogen and oxygen atoms in total. The van der Waals surface area contributed by atoms with Crippen LogP contribution in [-0.4, -0.2) is 30.7 Å². The molecule has 1 N–H and O–H groups in total. The van der Waals surface area contributed by atoms with Gasteiger partial charge in [0.1, 0.15) is 5.65 Å². The number of hydrogen-bond donors (Lipinski definition) is 1. The minimum absolute atomic E-state index is 0.0703. The number of hydrogen-bond acceptors (Lipinski definition) is 4. The van der Waals surface area contributed by atoms with E-state index in [0.29, 0.717) is 5.65 Å². The monoisotopic (exact) mass is 254 g/mol. The lowest BCUT2D eigenvalue weighted by molar-refractivity contribution is 0.0515. The Bertz CT molecular complexity index is 593. The topological polar surface area (TPSA) is 80.9 Å². The molecular formula is C10H10N2O4S. The van der Waals surface area contributed by atoms with Crippen LogP contribution in [0.25, 0.3) is 5.65 Å². The van der Waals surface area contributed by atoms with E-state index in [0.717, 1.165) is 0 Å². The average Bonchev–Trinajstić information content (AvgIpc) is 2.68. The van der Waals surface area contributed by atoms with E-state index in [-0.39, 0.29) is 17.3 Å². The zero-order valence-corrected chi connectivity index (χ0v) is 9.81. The number of rotatable bonds is 3. The van der Waals surface area contributed by atoms with Crippen molar-refractivity contribution in [1.29, 1.82) is 0 Å². The van der Waals surface area contributed by atoms with Gasteiger partial charge in [-0.2, -0.15) is 0 Å². The van der Waals surface area contributed by atoms with Gasteiger partial charge in [-0.1, -0.05) is 6.07 Å². The third-order valence-corrected chi connectivity index (χ3v) is 2.84. The number of fused-ring (bicyclic) bond motifs is 1. The van der Waals surface area contributed by atoms with Crippen LogP contribution in [0.15, 0.2) is 29.4 Å². The molecule has 0 aliphatic carbocycles. The second kappa shape index (κ2) is 4.64. The molecule has 17 heavy (non-hydrogen) atoms. The molecule has 90 valence electrons. The number of imidazole rings is 1. The van der Waals surface area contributed by atoms with Crippen LogP contribution in [0.4, 0.5) is 0 Å². The lowest BCUT2D eigenvalue weighted by Crippen LogP contribution is -2.09. The first-order valence-corrected chi connectivity index (χ1v) is 6.01. The maximum atomic E-state index is 11.6. The van der Waals surface area contributed by atoms with E-state index >= 15 is 0 Å². The number of aromatic nitrogens is 2. The van der Waals surface area contributed by atoms with Gasteiger partial charge in [0.2, 0.25) is 11.1 Å². The summed E-state index contributed by atoms with van der Waals surface area (Å²) in [6.45, 7) is 1.84. The summed E-state index contributed by atoms with van der Waals surface area (Å²) in [6, 6.07) is 5.04. The minimum atomic E-state index is -2.31. The molecule has 1 unspecified atom stereocenters. The SMILES string of the molecule is CCOC(=O)c1nc2ccccn2c1S(=O)O. The van der Waals surface area contributed by atoms with Crippen LogP contribution in [0.2, 0.25) is 0 Å². The Kier molecular flexibility index (Phi) is 3.21. The van der Waals surface area contributed by atoms with Crippen molar-refractivity contribution in [2.75, 3.05) is 6.61 Å². The predicted molar refractivity (Wildman–Crippen MR) is 60.2 cm³/mol. The highest BCUT2D eigenvalue weighted by molar-refractivity contribution is 7.79. The number of ether oxygens (including phenoxy) is 1. The fourth-order valence-electron chi connectivity index (χ4n) is 1.47. The van der Waals surface area contributed by atoms with Gasteiger partial charge in [0.05, 0.1) is 6.61 Å². The summed E-state index contributed by atoms with van der Waals surface area (Å²) >= 11 is -2.31. The summed E-state index contributed by atoms with van der Waals surface area (Å²) in [6.07, 6.45) is 1.56. The summed E-state index contributed by atoms with van der Waals surface area (Å²) < 4.78 is 26.6.